The number of carbonyl (C=O) groups is 1. The molecule has 0 amide bonds. The summed E-state index contributed by atoms with van der Waals surface area (Å²) in [6, 6.07) is 5.24. The molecule has 24 heavy (non-hydrogen) atoms. The lowest BCUT2D eigenvalue weighted by atomic mass is 9.92. The van der Waals surface area contributed by atoms with Crippen molar-refractivity contribution in [3.05, 3.63) is 50.8 Å². The van der Waals surface area contributed by atoms with Gasteiger partial charge in [-0.2, -0.15) is 0 Å². The molecule has 2 rings (SSSR count). The second kappa shape index (κ2) is 8.08. The van der Waals surface area contributed by atoms with Crippen molar-refractivity contribution in [2.75, 3.05) is 13.6 Å². The van der Waals surface area contributed by atoms with Crippen molar-refractivity contribution in [3.63, 3.8) is 0 Å². The predicted octanol–water partition coefficient (Wildman–Crippen LogP) is 4.09. The summed E-state index contributed by atoms with van der Waals surface area (Å²) in [7, 11) is 1.98. The Labute approximate surface area is 152 Å². The van der Waals surface area contributed by atoms with Crippen LogP contribution in [0.5, 0.6) is 0 Å². The van der Waals surface area contributed by atoms with Crippen molar-refractivity contribution in [2.24, 2.45) is 5.73 Å². The second-order valence-electron chi connectivity index (χ2n) is 5.69. The van der Waals surface area contributed by atoms with E-state index in [0.717, 1.165) is 40.9 Å². The Morgan fingerprint density at radius 3 is 2.58 bits per heavy atom. The summed E-state index contributed by atoms with van der Waals surface area (Å²) < 4.78 is 0. The molecule has 2 N–H and O–H groups in total. The van der Waals surface area contributed by atoms with E-state index in [1.807, 2.05) is 20.0 Å². The molecule has 128 valence electrons. The monoisotopic (exact) mass is 365 g/mol. The number of benzene rings is 1. The van der Waals surface area contributed by atoms with Crippen LogP contribution >= 0.6 is 23.2 Å². The van der Waals surface area contributed by atoms with Crippen LogP contribution in [0.1, 0.15) is 34.2 Å². The zero-order valence-electron chi connectivity index (χ0n) is 14.1. The minimum atomic E-state index is 0.276. The van der Waals surface area contributed by atoms with E-state index in [0.29, 0.717) is 22.2 Å². The Bertz CT molecular complexity index is 762. The van der Waals surface area contributed by atoms with Crippen LogP contribution in [0.3, 0.4) is 0 Å². The normalized spacial score (nSPS) is 11.1. The third-order valence-electron chi connectivity index (χ3n) is 4.10. The number of aromatic nitrogens is 1. The van der Waals surface area contributed by atoms with Gasteiger partial charge in [-0.25, -0.2) is 0 Å². The van der Waals surface area contributed by atoms with Crippen molar-refractivity contribution in [1.29, 1.82) is 0 Å². The average Bonchev–Trinajstić information content (AvgIpc) is 2.54. The van der Waals surface area contributed by atoms with E-state index >= 15 is 0 Å². The van der Waals surface area contributed by atoms with E-state index in [9.17, 15) is 4.79 Å². The fourth-order valence-corrected chi connectivity index (χ4v) is 3.19. The second-order valence-corrected chi connectivity index (χ2v) is 6.53. The maximum Gasteiger partial charge on any atom is 0.152 e. The minimum Gasteiger partial charge on any atom is -0.326 e. The van der Waals surface area contributed by atoms with E-state index in [1.54, 1.807) is 12.1 Å². The van der Waals surface area contributed by atoms with Crippen molar-refractivity contribution < 1.29 is 4.79 Å². The molecule has 1 aromatic heterocycles. The molecular weight excluding hydrogens is 345 g/mol. The van der Waals surface area contributed by atoms with Gasteiger partial charge in [-0.05, 0) is 38.2 Å². The summed E-state index contributed by atoms with van der Waals surface area (Å²) in [5, 5.41) is 1.03. The molecule has 0 aliphatic carbocycles. The first-order chi connectivity index (χ1) is 11.4. The van der Waals surface area contributed by atoms with Gasteiger partial charge in [-0.3, -0.25) is 9.78 Å². The maximum atomic E-state index is 11.9. The average molecular weight is 366 g/mol. The highest BCUT2D eigenvalue weighted by atomic mass is 35.5. The standard InChI is InChI=1S/C18H21Cl2N3O/c1-4-23(3)9-17-15(10-24)18(14(8-21)11(2)22-17)13-6-5-12(19)7-16(13)20/h5-7,10H,4,8-9,21H2,1-3H3. The van der Waals surface area contributed by atoms with Crippen molar-refractivity contribution in [2.45, 2.75) is 26.9 Å². The highest BCUT2D eigenvalue weighted by Crippen LogP contribution is 2.36. The first kappa shape index (κ1) is 18.9. The molecule has 0 fully saturated rings. The van der Waals surface area contributed by atoms with Crippen LogP contribution in [0.2, 0.25) is 10.0 Å². The third kappa shape index (κ3) is 3.78. The third-order valence-corrected chi connectivity index (χ3v) is 4.65. The SMILES string of the molecule is CCN(C)Cc1nc(C)c(CN)c(-c2ccc(Cl)cc2Cl)c1C=O. The summed E-state index contributed by atoms with van der Waals surface area (Å²) in [4.78, 5) is 18.6. The van der Waals surface area contributed by atoms with Crippen LogP contribution < -0.4 is 5.73 Å². The topological polar surface area (TPSA) is 59.2 Å². The van der Waals surface area contributed by atoms with E-state index in [1.165, 1.54) is 0 Å². The first-order valence-corrected chi connectivity index (χ1v) is 8.50. The number of rotatable bonds is 6. The fraction of sp³-hybridized carbons (Fsp3) is 0.333. The quantitative estimate of drug-likeness (QED) is 0.783. The molecule has 0 aliphatic rings. The molecule has 0 bridgehead atoms. The molecule has 0 unspecified atom stereocenters. The Hall–Kier alpha value is -1.46. The Balaban J connectivity index is 2.77. The van der Waals surface area contributed by atoms with E-state index in [2.05, 4.69) is 16.8 Å². The Morgan fingerprint density at radius 2 is 2.04 bits per heavy atom. The van der Waals surface area contributed by atoms with E-state index < -0.39 is 0 Å². The Morgan fingerprint density at radius 1 is 1.33 bits per heavy atom. The van der Waals surface area contributed by atoms with Gasteiger partial charge >= 0.3 is 0 Å². The lowest BCUT2D eigenvalue weighted by molar-refractivity contribution is 0.112. The smallest absolute Gasteiger partial charge is 0.152 e. The van der Waals surface area contributed by atoms with Gasteiger partial charge in [0.15, 0.2) is 6.29 Å². The molecule has 0 saturated heterocycles. The van der Waals surface area contributed by atoms with Crippen molar-refractivity contribution in [3.8, 4) is 11.1 Å². The lowest BCUT2D eigenvalue weighted by Crippen LogP contribution is -2.20. The van der Waals surface area contributed by atoms with Gasteiger partial charge in [0.2, 0.25) is 0 Å². The van der Waals surface area contributed by atoms with Crippen LogP contribution in [0.15, 0.2) is 18.2 Å². The highest BCUT2D eigenvalue weighted by Gasteiger charge is 2.20. The zero-order chi connectivity index (χ0) is 17.9. The molecule has 0 spiro atoms. The summed E-state index contributed by atoms with van der Waals surface area (Å²) in [5.74, 6) is 0. The number of hydrogen-bond acceptors (Lipinski definition) is 4. The molecule has 1 heterocycles. The highest BCUT2D eigenvalue weighted by molar-refractivity contribution is 6.36. The van der Waals surface area contributed by atoms with Crippen LogP contribution in [0.25, 0.3) is 11.1 Å². The fourth-order valence-electron chi connectivity index (χ4n) is 2.68. The van der Waals surface area contributed by atoms with Gasteiger partial charge < -0.3 is 10.6 Å². The molecule has 0 saturated carbocycles. The minimum absolute atomic E-state index is 0.276. The van der Waals surface area contributed by atoms with Gasteiger partial charge in [-0.1, -0.05) is 36.2 Å². The van der Waals surface area contributed by atoms with Gasteiger partial charge in [0.05, 0.1) is 5.69 Å². The Kier molecular flexibility index (Phi) is 6.35. The van der Waals surface area contributed by atoms with Crippen LogP contribution in [0, 0.1) is 6.92 Å². The number of nitrogens with two attached hydrogens (primary N) is 1. The summed E-state index contributed by atoms with van der Waals surface area (Å²) in [6.45, 7) is 5.67. The summed E-state index contributed by atoms with van der Waals surface area (Å²) in [6.07, 6.45) is 0.838. The van der Waals surface area contributed by atoms with Gasteiger partial charge in [-0.15, -0.1) is 0 Å². The molecule has 0 radical (unpaired) electrons. The van der Waals surface area contributed by atoms with E-state index in [-0.39, 0.29) is 6.54 Å². The van der Waals surface area contributed by atoms with Crippen molar-refractivity contribution >= 4 is 29.5 Å². The van der Waals surface area contributed by atoms with Gasteiger partial charge in [0.25, 0.3) is 0 Å². The number of aldehydes is 1. The number of pyridine rings is 1. The number of nitrogens with zero attached hydrogens (tertiary/aromatic N) is 2. The maximum absolute atomic E-state index is 11.9. The van der Waals surface area contributed by atoms with E-state index in [4.69, 9.17) is 28.9 Å². The van der Waals surface area contributed by atoms with Gasteiger partial charge in [0, 0.05) is 45.5 Å². The van der Waals surface area contributed by atoms with Gasteiger partial charge in [0.1, 0.15) is 0 Å². The van der Waals surface area contributed by atoms with Crippen LogP contribution in [-0.4, -0.2) is 29.8 Å². The van der Waals surface area contributed by atoms with Crippen LogP contribution in [-0.2, 0) is 13.1 Å². The lowest BCUT2D eigenvalue weighted by Gasteiger charge is -2.20. The number of aryl methyl sites for hydroxylation is 1. The zero-order valence-corrected chi connectivity index (χ0v) is 15.6. The number of hydrogen-bond donors (Lipinski definition) is 1. The first-order valence-electron chi connectivity index (χ1n) is 7.74. The summed E-state index contributed by atoms with van der Waals surface area (Å²) >= 11 is 12.4. The van der Waals surface area contributed by atoms with Crippen LogP contribution in [0.4, 0.5) is 0 Å². The van der Waals surface area contributed by atoms with Crippen molar-refractivity contribution in [1.82, 2.24) is 9.88 Å². The largest absolute Gasteiger partial charge is 0.326 e. The molecular formula is C18H21Cl2N3O. The summed E-state index contributed by atoms with van der Waals surface area (Å²) in [5.41, 5.74) is 10.3. The molecule has 1 aromatic carbocycles. The molecule has 4 nitrogen and oxygen atoms in total. The molecule has 6 heteroatoms. The molecule has 0 atom stereocenters. The molecule has 0 aliphatic heterocycles. The number of carbonyl (C=O) groups excluding carboxylic acids is 1. The predicted molar refractivity (Wildman–Crippen MR) is 99.7 cm³/mol. The molecule has 2 aromatic rings. The number of halogens is 2.